The molecule has 0 atom stereocenters. The van der Waals surface area contributed by atoms with Gasteiger partial charge in [-0.15, -0.1) is 0 Å². The summed E-state index contributed by atoms with van der Waals surface area (Å²) in [5.74, 6) is 0.738. The predicted molar refractivity (Wildman–Crippen MR) is 224 cm³/mol. The molecule has 3 heterocycles. The lowest BCUT2D eigenvalue weighted by Crippen LogP contribution is -1.99. The smallest absolute Gasteiger partial charge is 0.139 e. The molecule has 0 saturated carbocycles. The van der Waals surface area contributed by atoms with Crippen molar-refractivity contribution in [3.8, 4) is 39.8 Å². The number of rotatable bonds is 4. The molecular formula is C50H30N4. The van der Waals surface area contributed by atoms with Crippen LogP contribution in [0.25, 0.3) is 99.0 Å². The van der Waals surface area contributed by atoms with Crippen molar-refractivity contribution in [2.24, 2.45) is 0 Å². The largest absolute Gasteiger partial charge is 0.309 e. The van der Waals surface area contributed by atoms with Crippen LogP contribution in [0.2, 0.25) is 0 Å². The lowest BCUT2D eigenvalue weighted by atomic mass is 10.0. The monoisotopic (exact) mass is 686 g/mol. The van der Waals surface area contributed by atoms with E-state index in [0.29, 0.717) is 5.56 Å². The van der Waals surface area contributed by atoms with E-state index in [4.69, 9.17) is 4.98 Å². The Kier molecular flexibility index (Phi) is 6.58. The van der Waals surface area contributed by atoms with E-state index in [0.717, 1.165) is 55.3 Å². The molecule has 3 aromatic heterocycles. The summed E-state index contributed by atoms with van der Waals surface area (Å²) in [4.78, 5) is 5.04. The van der Waals surface area contributed by atoms with E-state index in [9.17, 15) is 5.26 Å². The van der Waals surface area contributed by atoms with Gasteiger partial charge < -0.3 is 4.57 Å². The summed E-state index contributed by atoms with van der Waals surface area (Å²) < 4.78 is 4.57. The normalized spacial score (nSPS) is 11.7. The first kappa shape index (κ1) is 30.2. The van der Waals surface area contributed by atoms with Gasteiger partial charge in [-0.1, -0.05) is 121 Å². The van der Waals surface area contributed by atoms with Gasteiger partial charge in [0.25, 0.3) is 0 Å². The summed E-state index contributed by atoms with van der Waals surface area (Å²) in [5.41, 5.74) is 11.7. The number of para-hydroxylation sites is 3. The molecule has 0 fully saturated rings. The maximum absolute atomic E-state index is 10.1. The molecule has 0 aliphatic carbocycles. The van der Waals surface area contributed by atoms with Gasteiger partial charge in [-0.25, -0.2) is 4.98 Å². The topological polar surface area (TPSA) is 46.5 Å². The first-order valence-electron chi connectivity index (χ1n) is 18.2. The Morgan fingerprint density at radius 3 is 1.78 bits per heavy atom. The molecule has 4 heteroatoms. The van der Waals surface area contributed by atoms with Crippen LogP contribution in [0.1, 0.15) is 5.56 Å². The molecule has 0 N–H and O–H groups in total. The Morgan fingerprint density at radius 2 is 0.963 bits per heavy atom. The van der Waals surface area contributed by atoms with Gasteiger partial charge in [0, 0.05) is 32.6 Å². The van der Waals surface area contributed by atoms with Gasteiger partial charge in [0.05, 0.1) is 39.2 Å². The van der Waals surface area contributed by atoms with Crippen molar-refractivity contribution in [3.05, 3.63) is 188 Å². The summed E-state index contributed by atoms with van der Waals surface area (Å²) in [6.07, 6.45) is 0. The Hall–Kier alpha value is -7.48. The van der Waals surface area contributed by atoms with Gasteiger partial charge in [-0.2, -0.15) is 5.26 Å². The van der Waals surface area contributed by atoms with E-state index >= 15 is 0 Å². The maximum atomic E-state index is 10.1. The molecule has 8 aromatic carbocycles. The fourth-order valence-corrected chi connectivity index (χ4v) is 8.37. The Balaban J connectivity index is 1.06. The zero-order valence-electron chi connectivity index (χ0n) is 29.1. The average molecular weight is 687 g/mol. The summed E-state index contributed by atoms with van der Waals surface area (Å²) in [5, 5.41) is 18.2. The van der Waals surface area contributed by atoms with Gasteiger partial charge in [-0.05, 0) is 93.7 Å². The van der Waals surface area contributed by atoms with Gasteiger partial charge in [0.2, 0.25) is 0 Å². The zero-order chi connectivity index (χ0) is 35.8. The Bertz CT molecular complexity index is 3340. The standard InChI is InChI=1S/C50H30N4/c51-31-38-30-50(52-45-14-6-3-11-40(38)45)54-47-16-8-5-13-42(47)44-28-36(22-26-48(44)54)37-21-25-43-41-12-4-7-15-46(41)53(49(43)29-37)39-23-19-33(20-24-39)35-18-17-32-9-1-2-10-34(32)27-35/h1-30H. The molecule has 11 aromatic rings. The fraction of sp³-hybridized carbons (Fsp3) is 0. The van der Waals surface area contributed by atoms with Crippen molar-refractivity contribution in [3.63, 3.8) is 0 Å². The Morgan fingerprint density at radius 1 is 0.389 bits per heavy atom. The number of fused-ring (bicyclic) bond motifs is 8. The molecule has 0 aliphatic rings. The number of nitrogens with zero attached hydrogens (tertiary/aromatic N) is 4. The van der Waals surface area contributed by atoms with Gasteiger partial charge in [0.1, 0.15) is 5.82 Å². The fourth-order valence-electron chi connectivity index (χ4n) is 8.37. The minimum Gasteiger partial charge on any atom is -0.309 e. The van der Waals surface area contributed by atoms with E-state index < -0.39 is 0 Å². The number of hydrogen-bond donors (Lipinski definition) is 0. The van der Waals surface area contributed by atoms with Crippen LogP contribution < -0.4 is 0 Å². The molecule has 0 bridgehead atoms. The molecule has 0 unspecified atom stereocenters. The van der Waals surface area contributed by atoms with Crippen molar-refractivity contribution < 1.29 is 0 Å². The molecule has 0 saturated heterocycles. The second-order valence-corrected chi connectivity index (χ2v) is 13.9. The number of nitriles is 1. The average Bonchev–Trinajstić information content (AvgIpc) is 3.75. The van der Waals surface area contributed by atoms with Crippen LogP contribution in [0.15, 0.2) is 182 Å². The van der Waals surface area contributed by atoms with E-state index in [1.807, 2.05) is 30.3 Å². The second-order valence-electron chi connectivity index (χ2n) is 13.9. The van der Waals surface area contributed by atoms with E-state index in [1.165, 1.54) is 43.7 Å². The highest BCUT2D eigenvalue weighted by molar-refractivity contribution is 6.12. The van der Waals surface area contributed by atoms with Crippen LogP contribution in [0.5, 0.6) is 0 Å². The first-order chi connectivity index (χ1) is 26.7. The number of benzene rings is 8. The van der Waals surface area contributed by atoms with Crippen molar-refractivity contribution in [1.82, 2.24) is 14.1 Å². The van der Waals surface area contributed by atoms with Crippen LogP contribution in [0.3, 0.4) is 0 Å². The van der Waals surface area contributed by atoms with Crippen molar-refractivity contribution in [2.45, 2.75) is 0 Å². The van der Waals surface area contributed by atoms with Crippen LogP contribution in [0.4, 0.5) is 0 Å². The molecule has 54 heavy (non-hydrogen) atoms. The summed E-state index contributed by atoms with van der Waals surface area (Å²) in [6, 6.07) is 67.0. The lowest BCUT2D eigenvalue weighted by molar-refractivity contribution is 1.10. The molecule has 0 amide bonds. The maximum Gasteiger partial charge on any atom is 0.139 e. The minimum atomic E-state index is 0.616. The van der Waals surface area contributed by atoms with Crippen molar-refractivity contribution >= 4 is 65.3 Å². The third kappa shape index (κ3) is 4.59. The first-order valence-corrected chi connectivity index (χ1v) is 18.2. The summed E-state index contributed by atoms with van der Waals surface area (Å²) in [6.45, 7) is 0. The Labute approximate surface area is 311 Å². The van der Waals surface area contributed by atoms with Crippen LogP contribution >= 0.6 is 0 Å². The van der Waals surface area contributed by atoms with Gasteiger partial charge >= 0.3 is 0 Å². The highest BCUT2D eigenvalue weighted by Crippen LogP contribution is 2.39. The molecule has 11 rings (SSSR count). The SMILES string of the molecule is N#Cc1cc(-n2c3ccccc3c3cc(-c4ccc5c6ccccc6n(-c6ccc(-c7ccc8ccccc8c7)cc6)c5c4)ccc32)nc2ccccc12. The van der Waals surface area contributed by atoms with E-state index in [1.54, 1.807) is 0 Å². The van der Waals surface area contributed by atoms with Crippen LogP contribution in [-0.4, -0.2) is 14.1 Å². The molecule has 0 radical (unpaired) electrons. The molecule has 250 valence electrons. The summed E-state index contributed by atoms with van der Waals surface area (Å²) in [7, 11) is 0. The van der Waals surface area contributed by atoms with Crippen LogP contribution in [-0.2, 0) is 0 Å². The molecule has 4 nitrogen and oxygen atoms in total. The third-order valence-electron chi connectivity index (χ3n) is 10.9. The number of aromatic nitrogens is 3. The van der Waals surface area contributed by atoms with Crippen LogP contribution in [0, 0.1) is 11.3 Å². The van der Waals surface area contributed by atoms with Crippen molar-refractivity contribution in [2.75, 3.05) is 0 Å². The zero-order valence-corrected chi connectivity index (χ0v) is 29.1. The number of pyridine rings is 1. The summed E-state index contributed by atoms with van der Waals surface area (Å²) >= 11 is 0. The quantitative estimate of drug-likeness (QED) is 0.185. The van der Waals surface area contributed by atoms with Gasteiger partial charge in [-0.3, -0.25) is 4.57 Å². The van der Waals surface area contributed by atoms with Crippen molar-refractivity contribution in [1.29, 1.82) is 5.26 Å². The van der Waals surface area contributed by atoms with E-state index in [2.05, 4.69) is 167 Å². The molecular weight excluding hydrogens is 657 g/mol. The van der Waals surface area contributed by atoms with E-state index in [-0.39, 0.29) is 0 Å². The highest BCUT2D eigenvalue weighted by Gasteiger charge is 2.18. The molecule has 0 spiro atoms. The highest BCUT2D eigenvalue weighted by atomic mass is 15.1. The minimum absolute atomic E-state index is 0.616. The number of hydrogen-bond acceptors (Lipinski definition) is 2. The predicted octanol–water partition coefficient (Wildman–Crippen LogP) is 12.8. The van der Waals surface area contributed by atoms with Gasteiger partial charge in [0.15, 0.2) is 0 Å². The second kappa shape index (κ2) is 11.8. The molecule has 0 aliphatic heterocycles. The lowest BCUT2D eigenvalue weighted by Gasteiger charge is -2.11. The third-order valence-corrected chi connectivity index (χ3v) is 10.9.